The van der Waals surface area contributed by atoms with Crippen LogP contribution in [0.1, 0.15) is 50.2 Å². The van der Waals surface area contributed by atoms with Crippen molar-refractivity contribution in [2.45, 2.75) is 44.6 Å². The monoisotopic (exact) mass is 376 g/mol. The molecular weight excluding hydrogens is 356 g/mol. The highest BCUT2D eigenvalue weighted by Crippen LogP contribution is 2.43. The summed E-state index contributed by atoms with van der Waals surface area (Å²) in [5, 5.41) is 11.6. The van der Waals surface area contributed by atoms with Crippen LogP contribution in [0.25, 0.3) is 0 Å². The van der Waals surface area contributed by atoms with E-state index in [0.717, 1.165) is 18.4 Å². The minimum Gasteiger partial charge on any atom is -0.439 e. The van der Waals surface area contributed by atoms with E-state index in [1.807, 2.05) is 13.0 Å². The number of ether oxygens (including phenoxy) is 1. The predicted octanol–water partition coefficient (Wildman–Crippen LogP) is 3.85. The summed E-state index contributed by atoms with van der Waals surface area (Å²) in [6.07, 6.45) is 4.20. The number of carbonyl (C=O) groups is 2. The van der Waals surface area contributed by atoms with Gasteiger partial charge in [-0.25, -0.2) is 9.78 Å². The summed E-state index contributed by atoms with van der Waals surface area (Å²) in [6.45, 7) is 3.59. The molecule has 1 aliphatic heterocycles. The van der Waals surface area contributed by atoms with E-state index in [9.17, 15) is 14.9 Å². The topological polar surface area (TPSA) is 95.3 Å². The number of urea groups is 1. The molecule has 0 radical (unpaired) electrons. The van der Waals surface area contributed by atoms with E-state index in [-0.39, 0.29) is 5.91 Å². The molecular formula is C21H20N4O3. The second kappa shape index (κ2) is 6.64. The standard InChI is InChI=1S/C21H20N4O3/c1-3-21(2)19(26)24-20(27)25(21)15-7-9-18(23-12-15)28-16-8-6-14(11-22)17(10-16)13-4-5-13/h6-10,12-13H,3-5H2,1-2H3,(H,24,26,27)/t21-/m1/s1. The van der Waals surface area contributed by atoms with Gasteiger partial charge in [0, 0.05) is 6.07 Å². The van der Waals surface area contributed by atoms with Gasteiger partial charge in [0.25, 0.3) is 5.91 Å². The van der Waals surface area contributed by atoms with Gasteiger partial charge in [0.05, 0.1) is 23.5 Å². The highest BCUT2D eigenvalue weighted by molar-refractivity contribution is 6.16. The highest BCUT2D eigenvalue weighted by atomic mass is 16.5. The fraction of sp³-hybridized carbons (Fsp3) is 0.333. The Bertz CT molecular complexity index is 992. The molecule has 3 amide bonds. The van der Waals surface area contributed by atoms with Crippen LogP contribution in [0.3, 0.4) is 0 Å². The zero-order chi connectivity index (χ0) is 19.9. The lowest BCUT2D eigenvalue weighted by atomic mass is 9.97. The number of hydrogen-bond donors (Lipinski definition) is 1. The van der Waals surface area contributed by atoms with Gasteiger partial charge in [-0.1, -0.05) is 6.92 Å². The lowest BCUT2D eigenvalue weighted by Crippen LogP contribution is -2.46. The van der Waals surface area contributed by atoms with Gasteiger partial charge in [-0.2, -0.15) is 5.26 Å². The van der Waals surface area contributed by atoms with Gasteiger partial charge in [-0.3, -0.25) is 15.0 Å². The SMILES string of the molecule is CC[C@]1(C)C(=O)NC(=O)N1c1ccc(Oc2ccc(C#N)c(C3CC3)c2)nc1. The van der Waals surface area contributed by atoms with Crippen LogP contribution in [-0.2, 0) is 4.79 Å². The highest BCUT2D eigenvalue weighted by Gasteiger charge is 2.48. The van der Waals surface area contributed by atoms with Crippen molar-refractivity contribution < 1.29 is 14.3 Å². The third-order valence-electron chi connectivity index (χ3n) is 5.46. The molecule has 1 saturated carbocycles. The molecule has 2 aliphatic rings. The molecule has 0 unspecified atom stereocenters. The minimum atomic E-state index is -0.937. The maximum atomic E-state index is 12.2. The van der Waals surface area contributed by atoms with Crippen molar-refractivity contribution >= 4 is 17.6 Å². The molecule has 28 heavy (non-hydrogen) atoms. The second-order valence-electron chi connectivity index (χ2n) is 7.31. The van der Waals surface area contributed by atoms with Gasteiger partial charge in [0.1, 0.15) is 11.3 Å². The fourth-order valence-corrected chi connectivity index (χ4v) is 3.46. The fourth-order valence-electron chi connectivity index (χ4n) is 3.46. The molecule has 2 heterocycles. The van der Waals surface area contributed by atoms with Crippen LogP contribution in [0.4, 0.5) is 10.5 Å². The number of hydrogen-bond acceptors (Lipinski definition) is 5. The van der Waals surface area contributed by atoms with Crippen molar-refractivity contribution in [1.82, 2.24) is 10.3 Å². The molecule has 7 nitrogen and oxygen atoms in total. The van der Waals surface area contributed by atoms with Crippen molar-refractivity contribution in [2.75, 3.05) is 4.90 Å². The molecule has 2 fully saturated rings. The van der Waals surface area contributed by atoms with Gasteiger partial charge < -0.3 is 4.74 Å². The number of carbonyl (C=O) groups excluding carboxylic acids is 2. The largest absolute Gasteiger partial charge is 0.439 e. The number of aromatic nitrogens is 1. The summed E-state index contributed by atoms with van der Waals surface area (Å²) in [7, 11) is 0. The zero-order valence-corrected chi connectivity index (χ0v) is 15.7. The Hall–Kier alpha value is -3.40. The van der Waals surface area contributed by atoms with Gasteiger partial charge in [-0.05, 0) is 61.9 Å². The molecule has 142 valence electrons. The summed E-state index contributed by atoms with van der Waals surface area (Å²) in [5.74, 6) is 1.12. The lowest BCUT2D eigenvalue weighted by Gasteiger charge is -2.30. The Morgan fingerprint density at radius 3 is 2.71 bits per heavy atom. The second-order valence-corrected chi connectivity index (χ2v) is 7.31. The molecule has 1 N–H and O–H groups in total. The Morgan fingerprint density at radius 2 is 2.11 bits per heavy atom. The van der Waals surface area contributed by atoms with Crippen molar-refractivity contribution in [1.29, 1.82) is 5.26 Å². The molecule has 1 aromatic heterocycles. The van der Waals surface area contributed by atoms with E-state index in [0.29, 0.717) is 35.2 Å². The summed E-state index contributed by atoms with van der Waals surface area (Å²) in [5.41, 5.74) is 1.29. The summed E-state index contributed by atoms with van der Waals surface area (Å²) < 4.78 is 5.83. The van der Waals surface area contributed by atoms with E-state index in [1.165, 1.54) is 11.1 Å². The summed E-state index contributed by atoms with van der Waals surface area (Å²) in [6, 6.07) is 10.6. The molecule has 1 aliphatic carbocycles. The number of benzene rings is 1. The third kappa shape index (κ3) is 2.97. The Kier molecular flexibility index (Phi) is 4.27. The van der Waals surface area contributed by atoms with Gasteiger partial charge in [-0.15, -0.1) is 0 Å². The quantitative estimate of drug-likeness (QED) is 0.800. The average molecular weight is 376 g/mol. The zero-order valence-electron chi connectivity index (χ0n) is 15.7. The number of imide groups is 1. The van der Waals surface area contributed by atoms with Crippen LogP contribution in [0.2, 0.25) is 0 Å². The first-order valence-corrected chi connectivity index (χ1v) is 9.30. The Morgan fingerprint density at radius 1 is 1.32 bits per heavy atom. The average Bonchev–Trinajstić information content (AvgIpc) is 3.51. The van der Waals surface area contributed by atoms with E-state index in [1.54, 1.807) is 31.2 Å². The number of rotatable bonds is 5. The first-order valence-electron chi connectivity index (χ1n) is 9.30. The lowest BCUT2D eigenvalue weighted by molar-refractivity contribution is -0.122. The van der Waals surface area contributed by atoms with Crippen LogP contribution in [0.5, 0.6) is 11.6 Å². The molecule has 2 aromatic rings. The van der Waals surface area contributed by atoms with Crippen molar-refractivity contribution in [3.05, 3.63) is 47.7 Å². The molecule has 4 rings (SSSR count). The summed E-state index contributed by atoms with van der Waals surface area (Å²) >= 11 is 0. The number of nitrogens with zero attached hydrogens (tertiary/aromatic N) is 3. The first-order chi connectivity index (χ1) is 13.5. The van der Waals surface area contributed by atoms with E-state index in [2.05, 4.69) is 16.4 Å². The molecule has 1 saturated heterocycles. The maximum absolute atomic E-state index is 12.2. The molecule has 0 spiro atoms. The third-order valence-corrected chi connectivity index (χ3v) is 5.46. The van der Waals surface area contributed by atoms with Crippen LogP contribution >= 0.6 is 0 Å². The van der Waals surface area contributed by atoms with Crippen LogP contribution in [0.15, 0.2) is 36.5 Å². The molecule has 7 heteroatoms. The first kappa shape index (κ1) is 18.0. The number of amides is 3. The van der Waals surface area contributed by atoms with E-state index in [4.69, 9.17) is 4.74 Å². The normalized spacial score (nSPS) is 21.4. The number of nitriles is 1. The Balaban J connectivity index is 1.56. The minimum absolute atomic E-state index is 0.314. The predicted molar refractivity (Wildman–Crippen MR) is 102 cm³/mol. The van der Waals surface area contributed by atoms with Crippen LogP contribution in [-0.4, -0.2) is 22.5 Å². The smallest absolute Gasteiger partial charge is 0.329 e. The van der Waals surface area contributed by atoms with Crippen LogP contribution in [0, 0.1) is 11.3 Å². The van der Waals surface area contributed by atoms with Crippen LogP contribution < -0.4 is 15.0 Å². The van der Waals surface area contributed by atoms with Crippen molar-refractivity contribution in [2.24, 2.45) is 0 Å². The van der Waals surface area contributed by atoms with Crippen molar-refractivity contribution in [3.8, 4) is 17.7 Å². The van der Waals surface area contributed by atoms with Crippen molar-refractivity contribution in [3.63, 3.8) is 0 Å². The van der Waals surface area contributed by atoms with E-state index < -0.39 is 11.6 Å². The van der Waals surface area contributed by atoms with Gasteiger partial charge >= 0.3 is 6.03 Å². The number of pyridine rings is 1. The van der Waals surface area contributed by atoms with Gasteiger partial charge in [0.15, 0.2) is 0 Å². The van der Waals surface area contributed by atoms with E-state index >= 15 is 0 Å². The maximum Gasteiger partial charge on any atom is 0.329 e. The van der Waals surface area contributed by atoms with Gasteiger partial charge in [0.2, 0.25) is 5.88 Å². The summed E-state index contributed by atoms with van der Waals surface area (Å²) in [4.78, 5) is 30.1. The molecule has 1 atom stereocenters. The molecule has 0 bridgehead atoms. The molecule has 1 aromatic carbocycles. The number of nitrogens with one attached hydrogen (secondary N) is 1. The number of anilines is 1. The Labute approximate surface area is 162 Å².